The van der Waals surface area contributed by atoms with Crippen LogP contribution in [0.3, 0.4) is 0 Å². The molecule has 3 rings (SSSR count). The molecule has 144 valence electrons. The van der Waals surface area contributed by atoms with E-state index in [1.807, 2.05) is 56.3 Å². The van der Waals surface area contributed by atoms with Crippen molar-refractivity contribution in [3.05, 3.63) is 86.8 Å². The van der Waals surface area contributed by atoms with Crippen molar-refractivity contribution in [2.24, 2.45) is 0 Å². The first-order valence-corrected chi connectivity index (χ1v) is 9.25. The van der Waals surface area contributed by atoms with Crippen LogP contribution >= 0.6 is 11.6 Å². The Kier molecular flexibility index (Phi) is 6.16. The number of hydrogen-bond donors (Lipinski definition) is 2. The highest BCUT2D eigenvalue weighted by Gasteiger charge is 2.10. The number of rotatable bonds is 6. The number of pyridine rings is 1. The molecule has 0 bridgehead atoms. The minimum atomic E-state index is -0.331. The average molecular weight is 397 g/mol. The SMILES string of the molecule is Cc1cc(C)c(CNC(=O)COc2ccc(-c3ccccc3)cc2Cl)c(=O)[nH]1. The van der Waals surface area contributed by atoms with Gasteiger partial charge in [0, 0.05) is 17.8 Å². The van der Waals surface area contributed by atoms with E-state index in [4.69, 9.17) is 16.3 Å². The number of aromatic amines is 1. The van der Waals surface area contributed by atoms with Gasteiger partial charge >= 0.3 is 0 Å². The zero-order valence-electron chi connectivity index (χ0n) is 15.7. The van der Waals surface area contributed by atoms with Gasteiger partial charge in [-0.15, -0.1) is 0 Å². The van der Waals surface area contributed by atoms with Crippen LogP contribution < -0.4 is 15.6 Å². The van der Waals surface area contributed by atoms with Crippen molar-refractivity contribution in [1.82, 2.24) is 10.3 Å². The van der Waals surface area contributed by atoms with Crippen molar-refractivity contribution >= 4 is 17.5 Å². The van der Waals surface area contributed by atoms with Gasteiger partial charge in [-0.3, -0.25) is 9.59 Å². The van der Waals surface area contributed by atoms with Gasteiger partial charge in [0.15, 0.2) is 6.61 Å². The molecular formula is C22H21ClN2O3. The molecule has 0 saturated heterocycles. The lowest BCUT2D eigenvalue weighted by atomic mass is 10.1. The number of nitrogens with one attached hydrogen (secondary N) is 2. The number of H-pyrrole nitrogens is 1. The van der Waals surface area contributed by atoms with Gasteiger partial charge in [-0.05, 0) is 48.7 Å². The second-order valence-electron chi connectivity index (χ2n) is 6.52. The molecule has 0 fully saturated rings. The number of ether oxygens (including phenoxy) is 1. The summed E-state index contributed by atoms with van der Waals surface area (Å²) < 4.78 is 5.53. The van der Waals surface area contributed by atoms with Crippen LogP contribution in [0.15, 0.2) is 59.4 Å². The van der Waals surface area contributed by atoms with Gasteiger partial charge in [-0.2, -0.15) is 0 Å². The molecule has 5 nitrogen and oxygen atoms in total. The number of aromatic nitrogens is 1. The molecule has 1 aromatic heterocycles. The highest BCUT2D eigenvalue weighted by Crippen LogP contribution is 2.30. The first kappa shape index (κ1) is 19.7. The van der Waals surface area contributed by atoms with Crippen molar-refractivity contribution in [2.75, 3.05) is 6.61 Å². The normalized spacial score (nSPS) is 10.5. The lowest BCUT2D eigenvalue weighted by Crippen LogP contribution is -2.31. The Morgan fingerprint density at radius 1 is 1.07 bits per heavy atom. The number of benzene rings is 2. The summed E-state index contributed by atoms with van der Waals surface area (Å²) in [7, 11) is 0. The van der Waals surface area contributed by atoms with Crippen LogP contribution in [0.4, 0.5) is 0 Å². The lowest BCUT2D eigenvalue weighted by molar-refractivity contribution is -0.123. The maximum absolute atomic E-state index is 12.1. The Bertz CT molecular complexity index is 1050. The molecule has 0 unspecified atom stereocenters. The average Bonchev–Trinajstić information content (AvgIpc) is 2.67. The molecule has 6 heteroatoms. The molecule has 3 aromatic rings. The summed E-state index contributed by atoms with van der Waals surface area (Å²) >= 11 is 6.29. The third-order valence-electron chi connectivity index (χ3n) is 4.35. The predicted molar refractivity (Wildman–Crippen MR) is 111 cm³/mol. The highest BCUT2D eigenvalue weighted by atomic mass is 35.5. The third kappa shape index (κ3) is 4.81. The van der Waals surface area contributed by atoms with E-state index < -0.39 is 0 Å². The second-order valence-corrected chi connectivity index (χ2v) is 6.93. The molecule has 28 heavy (non-hydrogen) atoms. The molecule has 0 spiro atoms. The van der Waals surface area contributed by atoms with Crippen molar-refractivity contribution in [1.29, 1.82) is 0 Å². The van der Waals surface area contributed by atoms with Crippen molar-refractivity contribution in [2.45, 2.75) is 20.4 Å². The summed E-state index contributed by atoms with van der Waals surface area (Å²) in [5.74, 6) is 0.100. The molecule has 0 aliphatic carbocycles. The van der Waals surface area contributed by atoms with Crippen LogP contribution in [0.2, 0.25) is 5.02 Å². The van der Waals surface area contributed by atoms with Crippen LogP contribution in [0.5, 0.6) is 5.75 Å². The molecule has 0 atom stereocenters. The predicted octanol–water partition coefficient (Wildman–Crippen LogP) is 4.01. The van der Waals surface area contributed by atoms with Gasteiger partial charge in [-0.25, -0.2) is 0 Å². The first-order chi connectivity index (χ1) is 13.4. The van der Waals surface area contributed by atoms with Gasteiger partial charge in [0.1, 0.15) is 5.75 Å². The van der Waals surface area contributed by atoms with E-state index in [1.165, 1.54) is 0 Å². The molecule has 2 aromatic carbocycles. The zero-order valence-corrected chi connectivity index (χ0v) is 16.5. The Balaban J connectivity index is 1.58. The van der Waals surface area contributed by atoms with Gasteiger partial charge in [-0.1, -0.05) is 48.0 Å². The molecule has 1 amide bonds. The van der Waals surface area contributed by atoms with E-state index in [-0.39, 0.29) is 24.6 Å². The third-order valence-corrected chi connectivity index (χ3v) is 4.65. The van der Waals surface area contributed by atoms with E-state index in [1.54, 1.807) is 12.1 Å². The highest BCUT2D eigenvalue weighted by molar-refractivity contribution is 6.32. The van der Waals surface area contributed by atoms with Crippen molar-refractivity contribution in [3.63, 3.8) is 0 Å². The van der Waals surface area contributed by atoms with Crippen molar-refractivity contribution in [3.8, 4) is 16.9 Å². The van der Waals surface area contributed by atoms with Crippen LogP contribution in [-0.4, -0.2) is 17.5 Å². The fourth-order valence-electron chi connectivity index (χ4n) is 2.91. The number of aryl methyl sites for hydroxylation is 2. The fraction of sp³-hybridized carbons (Fsp3) is 0.182. The summed E-state index contributed by atoms with van der Waals surface area (Å²) in [5.41, 5.74) is 3.97. The summed E-state index contributed by atoms with van der Waals surface area (Å²) in [6, 6.07) is 17.2. The lowest BCUT2D eigenvalue weighted by Gasteiger charge is -2.11. The first-order valence-electron chi connectivity index (χ1n) is 8.88. The summed E-state index contributed by atoms with van der Waals surface area (Å²) in [6.07, 6.45) is 0. The Morgan fingerprint density at radius 3 is 2.50 bits per heavy atom. The van der Waals surface area contributed by atoms with E-state index in [9.17, 15) is 9.59 Å². The monoisotopic (exact) mass is 396 g/mol. The van der Waals surface area contributed by atoms with E-state index in [2.05, 4.69) is 10.3 Å². The summed E-state index contributed by atoms with van der Waals surface area (Å²) in [4.78, 5) is 26.8. The largest absolute Gasteiger partial charge is 0.482 e. The second kappa shape index (κ2) is 8.76. The Hall–Kier alpha value is -3.05. The van der Waals surface area contributed by atoms with Gasteiger partial charge in [0.2, 0.25) is 0 Å². The Labute approximate surface area is 168 Å². The summed E-state index contributed by atoms with van der Waals surface area (Å²) in [6.45, 7) is 3.61. The minimum Gasteiger partial charge on any atom is -0.482 e. The smallest absolute Gasteiger partial charge is 0.258 e. The quantitative estimate of drug-likeness (QED) is 0.661. The molecule has 0 radical (unpaired) electrons. The van der Waals surface area contributed by atoms with Crippen LogP contribution in [-0.2, 0) is 11.3 Å². The van der Waals surface area contributed by atoms with E-state index in [0.29, 0.717) is 16.3 Å². The van der Waals surface area contributed by atoms with Crippen LogP contribution in [0.25, 0.3) is 11.1 Å². The van der Waals surface area contributed by atoms with Gasteiger partial charge in [0.25, 0.3) is 11.5 Å². The standard InChI is InChI=1S/C22H21ClN2O3/c1-14-10-15(2)25-22(27)18(14)12-24-21(26)13-28-20-9-8-17(11-19(20)23)16-6-4-3-5-7-16/h3-11H,12-13H2,1-2H3,(H,24,26)(H,25,27). The molecule has 1 heterocycles. The molecule has 2 N–H and O–H groups in total. The van der Waals surface area contributed by atoms with Gasteiger partial charge < -0.3 is 15.0 Å². The van der Waals surface area contributed by atoms with Crippen LogP contribution in [0, 0.1) is 13.8 Å². The molecule has 0 aliphatic rings. The zero-order chi connectivity index (χ0) is 20.1. The number of carbonyl (C=O) groups excluding carboxylic acids is 1. The van der Waals surface area contributed by atoms with E-state index >= 15 is 0 Å². The number of halogens is 1. The number of carbonyl (C=O) groups is 1. The topological polar surface area (TPSA) is 71.2 Å². The molecule has 0 saturated carbocycles. The summed E-state index contributed by atoms with van der Waals surface area (Å²) in [5, 5.41) is 3.13. The maximum atomic E-state index is 12.1. The number of amides is 1. The maximum Gasteiger partial charge on any atom is 0.258 e. The fourth-order valence-corrected chi connectivity index (χ4v) is 3.15. The number of hydrogen-bond acceptors (Lipinski definition) is 3. The van der Waals surface area contributed by atoms with Crippen molar-refractivity contribution < 1.29 is 9.53 Å². The Morgan fingerprint density at radius 2 is 1.82 bits per heavy atom. The van der Waals surface area contributed by atoms with Gasteiger partial charge in [0.05, 0.1) is 5.02 Å². The molecule has 0 aliphatic heterocycles. The van der Waals surface area contributed by atoms with Crippen LogP contribution in [0.1, 0.15) is 16.8 Å². The minimum absolute atomic E-state index is 0.143. The molecular weight excluding hydrogens is 376 g/mol. The van der Waals surface area contributed by atoms with E-state index in [0.717, 1.165) is 22.4 Å².